The van der Waals surface area contributed by atoms with Crippen molar-refractivity contribution in [1.29, 1.82) is 0 Å². The predicted octanol–water partition coefficient (Wildman–Crippen LogP) is 1.39. The molecule has 0 bridgehead atoms. The van der Waals surface area contributed by atoms with Crippen molar-refractivity contribution < 1.29 is 14.7 Å². The molecule has 2 fully saturated rings. The Morgan fingerprint density at radius 3 is 2.50 bits per heavy atom. The van der Waals surface area contributed by atoms with E-state index in [1.807, 2.05) is 4.90 Å². The van der Waals surface area contributed by atoms with Gasteiger partial charge in [0.25, 0.3) is 0 Å². The molecule has 0 aromatic carbocycles. The fraction of sp³-hybridized carbons (Fsp3) is 0.647. The van der Waals surface area contributed by atoms with Crippen LogP contribution in [0.15, 0.2) is 25.3 Å². The molecule has 0 aromatic heterocycles. The normalized spacial score (nSPS) is 22.3. The topological polar surface area (TPSA) is 69.6 Å². The van der Waals surface area contributed by atoms with Gasteiger partial charge < -0.3 is 15.3 Å². The quantitative estimate of drug-likeness (QED) is 0.666. The van der Waals surface area contributed by atoms with Crippen LogP contribution in [0.4, 0.5) is 0 Å². The minimum Gasteiger partial charge on any atom is -0.387 e. The minimum absolute atomic E-state index is 0.0790. The first-order valence-corrected chi connectivity index (χ1v) is 8.00. The summed E-state index contributed by atoms with van der Waals surface area (Å²) in [5.41, 5.74) is -1.03. The Hall–Kier alpha value is -1.62. The molecule has 2 rings (SSSR count). The molecule has 22 heavy (non-hydrogen) atoms. The third kappa shape index (κ3) is 4.19. The number of likely N-dealkylation sites (tertiary alicyclic amines) is 1. The summed E-state index contributed by atoms with van der Waals surface area (Å²) in [6.45, 7) is 7.97. The van der Waals surface area contributed by atoms with E-state index in [2.05, 4.69) is 18.5 Å². The predicted molar refractivity (Wildman–Crippen MR) is 85.0 cm³/mol. The van der Waals surface area contributed by atoms with Crippen LogP contribution in [0.3, 0.4) is 0 Å². The van der Waals surface area contributed by atoms with Crippen LogP contribution >= 0.6 is 0 Å². The first kappa shape index (κ1) is 16.7. The summed E-state index contributed by atoms with van der Waals surface area (Å²) in [7, 11) is 0. The van der Waals surface area contributed by atoms with E-state index in [0.29, 0.717) is 38.3 Å². The second-order valence-corrected chi connectivity index (χ2v) is 6.44. The smallest absolute Gasteiger partial charge is 0.225 e. The molecule has 0 radical (unpaired) electrons. The van der Waals surface area contributed by atoms with E-state index >= 15 is 0 Å². The van der Waals surface area contributed by atoms with Gasteiger partial charge in [0.2, 0.25) is 11.8 Å². The number of hydrogen-bond acceptors (Lipinski definition) is 3. The number of rotatable bonds is 8. The van der Waals surface area contributed by atoms with Gasteiger partial charge in [0.1, 0.15) is 0 Å². The highest BCUT2D eigenvalue weighted by molar-refractivity contribution is 5.84. The molecule has 1 aliphatic heterocycles. The van der Waals surface area contributed by atoms with Crippen LogP contribution in [-0.4, -0.2) is 46.6 Å². The Labute approximate surface area is 132 Å². The van der Waals surface area contributed by atoms with Gasteiger partial charge >= 0.3 is 0 Å². The molecular formula is C17H26N2O3. The van der Waals surface area contributed by atoms with Crippen molar-refractivity contribution in [2.45, 2.75) is 50.2 Å². The summed E-state index contributed by atoms with van der Waals surface area (Å²) in [5.74, 6) is -0.0823. The van der Waals surface area contributed by atoms with Crippen molar-refractivity contribution in [3.8, 4) is 0 Å². The summed E-state index contributed by atoms with van der Waals surface area (Å²) < 4.78 is 0. The summed E-state index contributed by atoms with van der Waals surface area (Å²) >= 11 is 0. The van der Waals surface area contributed by atoms with Gasteiger partial charge in [-0.15, -0.1) is 13.2 Å². The van der Waals surface area contributed by atoms with Crippen LogP contribution in [0.2, 0.25) is 0 Å². The molecule has 2 amide bonds. The molecule has 1 saturated carbocycles. The number of amides is 2. The first-order valence-electron chi connectivity index (χ1n) is 8.00. The Balaban J connectivity index is 1.87. The summed E-state index contributed by atoms with van der Waals surface area (Å²) in [6, 6.07) is 0.349. The maximum absolute atomic E-state index is 12.3. The number of nitrogens with zero attached hydrogens (tertiary/aromatic N) is 1. The maximum Gasteiger partial charge on any atom is 0.225 e. The average Bonchev–Trinajstić information content (AvgIpc) is 3.30. The maximum atomic E-state index is 12.3. The van der Waals surface area contributed by atoms with Crippen molar-refractivity contribution in [2.75, 3.05) is 13.1 Å². The van der Waals surface area contributed by atoms with Gasteiger partial charge in [0, 0.05) is 25.6 Å². The largest absolute Gasteiger partial charge is 0.387 e. The van der Waals surface area contributed by atoms with Crippen LogP contribution in [0.1, 0.15) is 38.5 Å². The lowest BCUT2D eigenvalue weighted by Gasteiger charge is -2.33. The lowest BCUT2D eigenvalue weighted by atomic mass is 9.93. The number of aliphatic hydroxyl groups is 1. The highest BCUT2D eigenvalue weighted by Crippen LogP contribution is 2.31. The van der Waals surface area contributed by atoms with Gasteiger partial charge in [-0.3, -0.25) is 9.59 Å². The second kappa shape index (κ2) is 7.09. The number of carbonyl (C=O) groups is 2. The van der Waals surface area contributed by atoms with Crippen LogP contribution in [0, 0.1) is 5.92 Å². The molecule has 5 heteroatoms. The van der Waals surface area contributed by atoms with Crippen LogP contribution in [0.5, 0.6) is 0 Å². The van der Waals surface area contributed by atoms with Crippen molar-refractivity contribution >= 4 is 11.8 Å². The molecule has 5 nitrogen and oxygen atoms in total. The highest BCUT2D eigenvalue weighted by Gasteiger charge is 2.38. The van der Waals surface area contributed by atoms with Crippen LogP contribution in [-0.2, 0) is 9.59 Å². The number of carbonyl (C=O) groups excluding carboxylic acids is 2. The van der Waals surface area contributed by atoms with Gasteiger partial charge in [-0.25, -0.2) is 0 Å². The van der Waals surface area contributed by atoms with Crippen molar-refractivity contribution in [3.63, 3.8) is 0 Å². The zero-order valence-corrected chi connectivity index (χ0v) is 13.1. The molecule has 122 valence electrons. The fourth-order valence-corrected chi connectivity index (χ4v) is 2.99. The lowest BCUT2D eigenvalue weighted by molar-refractivity contribution is -0.139. The van der Waals surface area contributed by atoms with E-state index in [1.54, 1.807) is 12.2 Å². The molecular weight excluding hydrogens is 280 g/mol. The van der Waals surface area contributed by atoms with Gasteiger partial charge in [0.15, 0.2) is 0 Å². The third-order valence-corrected chi connectivity index (χ3v) is 4.44. The lowest BCUT2D eigenvalue weighted by Crippen LogP contribution is -2.49. The monoisotopic (exact) mass is 306 g/mol. The third-order valence-electron chi connectivity index (χ3n) is 4.44. The standard InChI is InChI=1S/C17H26N2O3/c1-3-9-17(22,10-4-2)12-18-16(21)13-5-8-15(20)19(11-13)14-6-7-14/h3-4,13-14,22H,1-2,5-12H2,(H,18,21)/t13-/m1/s1. The summed E-state index contributed by atoms with van der Waals surface area (Å²) in [6.07, 6.45) is 7.23. The fourth-order valence-electron chi connectivity index (χ4n) is 2.99. The summed E-state index contributed by atoms with van der Waals surface area (Å²) in [4.78, 5) is 26.1. The van der Waals surface area contributed by atoms with Crippen LogP contribution in [0.25, 0.3) is 0 Å². The van der Waals surface area contributed by atoms with Gasteiger partial charge in [-0.2, -0.15) is 0 Å². The molecule has 0 aromatic rings. The molecule has 0 unspecified atom stereocenters. The molecule has 1 saturated heterocycles. The zero-order valence-electron chi connectivity index (χ0n) is 13.1. The zero-order chi connectivity index (χ0) is 16.2. The summed E-state index contributed by atoms with van der Waals surface area (Å²) in [5, 5.41) is 13.3. The Bertz CT molecular complexity index is 447. The van der Waals surface area contributed by atoms with Gasteiger partial charge in [-0.05, 0) is 32.1 Å². The van der Waals surface area contributed by atoms with E-state index in [4.69, 9.17) is 0 Å². The van der Waals surface area contributed by atoms with E-state index in [9.17, 15) is 14.7 Å². The van der Waals surface area contributed by atoms with Crippen molar-refractivity contribution in [3.05, 3.63) is 25.3 Å². The second-order valence-electron chi connectivity index (χ2n) is 6.44. The molecule has 2 N–H and O–H groups in total. The molecule has 0 spiro atoms. The molecule has 1 heterocycles. The first-order chi connectivity index (χ1) is 10.5. The van der Waals surface area contributed by atoms with Crippen molar-refractivity contribution in [2.24, 2.45) is 5.92 Å². The van der Waals surface area contributed by atoms with Gasteiger partial charge in [0.05, 0.1) is 11.5 Å². The average molecular weight is 306 g/mol. The minimum atomic E-state index is -1.03. The van der Waals surface area contributed by atoms with Crippen LogP contribution < -0.4 is 5.32 Å². The molecule has 1 aliphatic carbocycles. The highest BCUT2D eigenvalue weighted by atomic mass is 16.3. The van der Waals surface area contributed by atoms with E-state index < -0.39 is 5.60 Å². The van der Waals surface area contributed by atoms with E-state index in [-0.39, 0.29) is 24.3 Å². The number of piperidine rings is 1. The Morgan fingerprint density at radius 1 is 1.32 bits per heavy atom. The number of hydrogen-bond donors (Lipinski definition) is 2. The van der Waals surface area contributed by atoms with E-state index in [1.165, 1.54) is 0 Å². The number of nitrogens with one attached hydrogen (secondary N) is 1. The van der Waals surface area contributed by atoms with E-state index in [0.717, 1.165) is 12.8 Å². The Kier molecular flexibility index (Phi) is 5.40. The SMILES string of the molecule is C=CCC(O)(CC=C)CNC(=O)[C@@H]1CCC(=O)N(C2CC2)C1. The Morgan fingerprint density at radius 2 is 1.95 bits per heavy atom. The molecule has 1 atom stereocenters. The van der Waals surface area contributed by atoms with Gasteiger partial charge in [-0.1, -0.05) is 12.2 Å². The molecule has 2 aliphatic rings. The van der Waals surface area contributed by atoms with Crippen molar-refractivity contribution in [1.82, 2.24) is 10.2 Å².